The molecule has 2 N–H and O–H groups in total. The van der Waals surface area contributed by atoms with Crippen LogP contribution in [0.25, 0.3) is 21.8 Å². The smallest absolute Gasteiger partial charge is 0.259 e. The first-order chi connectivity index (χ1) is 23.0. The van der Waals surface area contributed by atoms with E-state index in [0.29, 0.717) is 34.6 Å². The summed E-state index contributed by atoms with van der Waals surface area (Å²) in [5, 5.41) is 23.8. The number of hydrogen-bond donors (Lipinski definition) is 2. The molecule has 0 unspecified atom stereocenters. The molecule has 0 atom stereocenters. The molecule has 0 fully saturated rings. The van der Waals surface area contributed by atoms with Crippen molar-refractivity contribution in [2.45, 2.75) is 97.6 Å². The van der Waals surface area contributed by atoms with Gasteiger partial charge in [-0.15, -0.1) is 5.10 Å². The largest absolute Gasteiger partial charge is 0.506 e. The van der Waals surface area contributed by atoms with Gasteiger partial charge in [-0.1, -0.05) is 125 Å². The van der Waals surface area contributed by atoms with Gasteiger partial charge in [-0.25, -0.2) is 4.68 Å². The van der Waals surface area contributed by atoms with Crippen molar-refractivity contribution < 1.29 is 19.4 Å². The maximum Gasteiger partial charge on any atom is 0.259 e. The Kier molecular flexibility index (Phi) is 12.5. The normalized spacial score (nSPS) is 11.3. The lowest BCUT2D eigenvalue weighted by atomic mass is 10.0. The molecule has 1 amide bonds. The van der Waals surface area contributed by atoms with E-state index in [4.69, 9.17) is 9.47 Å². The molecular formula is C39H48N4O4. The van der Waals surface area contributed by atoms with Gasteiger partial charge >= 0.3 is 0 Å². The first kappa shape index (κ1) is 33.8. The van der Waals surface area contributed by atoms with Gasteiger partial charge < -0.3 is 19.9 Å². The third-order valence-electron chi connectivity index (χ3n) is 8.62. The van der Waals surface area contributed by atoms with Crippen LogP contribution in [-0.2, 0) is 6.73 Å². The van der Waals surface area contributed by atoms with E-state index in [-0.39, 0.29) is 18.0 Å². The Bertz CT molecular complexity index is 1750. The minimum Gasteiger partial charge on any atom is -0.506 e. The van der Waals surface area contributed by atoms with Gasteiger partial charge in [0.1, 0.15) is 22.8 Å². The van der Waals surface area contributed by atoms with Crippen molar-refractivity contribution in [3.63, 3.8) is 0 Å². The molecule has 1 aromatic heterocycles. The summed E-state index contributed by atoms with van der Waals surface area (Å²) in [7, 11) is 0. The minimum absolute atomic E-state index is 0.0886. The molecular weight excluding hydrogens is 588 g/mol. The van der Waals surface area contributed by atoms with Crippen LogP contribution >= 0.6 is 0 Å². The van der Waals surface area contributed by atoms with Crippen molar-refractivity contribution in [1.29, 1.82) is 0 Å². The summed E-state index contributed by atoms with van der Waals surface area (Å²) < 4.78 is 14.0. The summed E-state index contributed by atoms with van der Waals surface area (Å²) >= 11 is 0. The van der Waals surface area contributed by atoms with E-state index in [9.17, 15) is 9.90 Å². The highest BCUT2D eigenvalue weighted by Crippen LogP contribution is 2.37. The molecule has 1 heterocycles. The SMILES string of the molecule is CCCCCCCCCCCCCCOc1ccc(C)cc1NC(=O)c1cc(OCn2nnc3ccccc32)c2ccccc2c1O. The molecule has 8 nitrogen and oxygen atoms in total. The second-order valence-corrected chi connectivity index (χ2v) is 12.4. The summed E-state index contributed by atoms with van der Waals surface area (Å²) in [4.78, 5) is 13.7. The molecule has 0 spiro atoms. The second kappa shape index (κ2) is 17.4. The number of carbonyl (C=O) groups excluding carboxylic acids is 1. The number of benzene rings is 4. The highest BCUT2D eigenvalue weighted by atomic mass is 16.5. The van der Waals surface area contributed by atoms with Gasteiger partial charge in [0.15, 0.2) is 6.73 Å². The van der Waals surface area contributed by atoms with Crippen LogP contribution in [0.15, 0.2) is 72.8 Å². The number of aromatic nitrogens is 3. The van der Waals surface area contributed by atoms with E-state index in [0.717, 1.165) is 29.4 Å². The van der Waals surface area contributed by atoms with Crippen LogP contribution in [-0.4, -0.2) is 32.6 Å². The molecule has 0 saturated carbocycles. The number of unbranched alkanes of at least 4 members (excludes halogenated alkanes) is 11. The number of nitrogens with one attached hydrogen (secondary N) is 1. The van der Waals surface area contributed by atoms with Crippen molar-refractivity contribution in [2.24, 2.45) is 0 Å². The zero-order valence-electron chi connectivity index (χ0n) is 27.8. The molecule has 0 aliphatic rings. The van der Waals surface area contributed by atoms with Crippen LogP contribution in [0.5, 0.6) is 17.2 Å². The van der Waals surface area contributed by atoms with Crippen LogP contribution in [0.3, 0.4) is 0 Å². The van der Waals surface area contributed by atoms with Crippen LogP contribution in [0.1, 0.15) is 99.9 Å². The number of amides is 1. The van der Waals surface area contributed by atoms with Crippen molar-refractivity contribution in [2.75, 3.05) is 11.9 Å². The van der Waals surface area contributed by atoms with E-state index in [1.165, 1.54) is 64.2 Å². The fourth-order valence-electron chi connectivity index (χ4n) is 5.94. The van der Waals surface area contributed by atoms with Gasteiger partial charge in [-0.2, -0.15) is 0 Å². The zero-order valence-corrected chi connectivity index (χ0v) is 27.8. The Balaban J connectivity index is 1.18. The van der Waals surface area contributed by atoms with Crippen molar-refractivity contribution >= 4 is 33.4 Å². The van der Waals surface area contributed by atoms with Gasteiger partial charge in [-0.05, 0) is 49.2 Å². The third-order valence-corrected chi connectivity index (χ3v) is 8.62. The standard InChI is InChI=1S/C39H48N4O4/c1-3-4-5-6-7-8-9-10-11-12-13-18-25-46-36-24-23-29(2)26-34(36)40-39(45)32-27-37(30-19-14-15-20-31(30)38(32)44)47-28-43-35-22-17-16-21-33(35)41-42-43/h14-17,19-24,26-27,44H,3-13,18,25,28H2,1-2H3,(H,40,45). The molecule has 0 bridgehead atoms. The molecule has 5 aromatic rings. The molecule has 0 aliphatic heterocycles. The number of anilines is 1. The zero-order chi connectivity index (χ0) is 32.8. The Morgan fingerprint density at radius 2 is 1.43 bits per heavy atom. The maximum atomic E-state index is 13.7. The maximum absolute atomic E-state index is 13.7. The average Bonchev–Trinajstić information content (AvgIpc) is 3.50. The number of hydrogen-bond acceptors (Lipinski definition) is 6. The Hall–Kier alpha value is -4.59. The number of para-hydroxylation sites is 1. The van der Waals surface area contributed by atoms with Gasteiger partial charge in [0, 0.05) is 10.8 Å². The second-order valence-electron chi connectivity index (χ2n) is 12.4. The number of phenols is 1. The molecule has 0 aliphatic carbocycles. The molecule has 0 radical (unpaired) electrons. The predicted octanol–water partition coefficient (Wildman–Crippen LogP) is 9.97. The highest BCUT2D eigenvalue weighted by molar-refractivity contribution is 6.11. The summed E-state index contributed by atoms with van der Waals surface area (Å²) in [6.07, 6.45) is 15.4. The minimum atomic E-state index is -0.454. The number of carbonyl (C=O) groups is 1. The van der Waals surface area contributed by atoms with Crippen LogP contribution in [0.2, 0.25) is 0 Å². The highest BCUT2D eigenvalue weighted by Gasteiger charge is 2.20. The summed E-state index contributed by atoms with van der Waals surface area (Å²) in [5.74, 6) is 0.506. The molecule has 5 rings (SSSR count). The number of fused-ring (bicyclic) bond motifs is 2. The van der Waals surface area contributed by atoms with Crippen molar-refractivity contribution in [3.8, 4) is 17.2 Å². The Labute approximate surface area is 278 Å². The first-order valence-corrected chi connectivity index (χ1v) is 17.3. The Morgan fingerprint density at radius 3 is 2.17 bits per heavy atom. The van der Waals surface area contributed by atoms with Crippen LogP contribution in [0, 0.1) is 6.92 Å². The van der Waals surface area contributed by atoms with Gasteiger partial charge in [0.2, 0.25) is 0 Å². The van der Waals surface area contributed by atoms with E-state index in [1.54, 1.807) is 16.8 Å². The monoisotopic (exact) mass is 636 g/mol. The molecule has 0 saturated heterocycles. The van der Waals surface area contributed by atoms with E-state index in [2.05, 4.69) is 22.6 Å². The van der Waals surface area contributed by atoms with Crippen molar-refractivity contribution in [3.05, 3.63) is 83.9 Å². The lowest BCUT2D eigenvalue weighted by Crippen LogP contribution is -2.14. The molecule has 4 aromatic carbocycles. The fraction of sp³-hybridized carbons (Fsp3) is 0.410. The number of aromatic hydroxyl groups is 1. The fourth-order valence-corrected chi connectivity index (χ4v) is 5.94. The average molecular weight is 637 g/mol. The van der Waals surface area contributed by atoms with Gasteiger partial charge in [0.25, 0.3) is 5.91 Å². The summed E-state index contributed by atoms with van der Waals surface area (Å²) in [5.41, 5.74) is 3.27. The number of nitrogens with zero attached hydrogens (tertiary/aromatic N) is 3. The van der Waals surface area contributed by atoms with Crippen LogP contribution in [0.4, 0.5) is 5.69 Å². The van der Waals surface area contributed by atoms with E-state index >= 15 is 0 Å². The number of aryl methyl sites for hydroxylation is 1. The third kappa shape index (κ3) is 9.24. The van der Waals surface area contributed by atoms with Gasteiger partial charge in [-0.3, -0.25) is 4.79 Å². The molecule has 8 heteroatoms. The lowest BCUT2D eigenvalue weighted by molar-refractivity contribution is 0.102. The number of phenolic OH excluding ortho intramolecular Hbond substituents is 1. The van der Waals surface area contributed by atoms with E-state index < -0.39 is 5.91 Å². The number of ether oxygens (including phenoxy) is 2. The number of rotatable bonds is 19. The summed E-state index contributed by atoms with van der Waals surface area (Å²) in [6, 6.07) is 22.3. The lowest BCUT2D eigenvalue weighted by Gasteiger charge is -2.16. The van der Waals surface area contributed by atoms with Crippen LogP contribution < -0.4 is 14.8 Å². The predicted molar refractivity (Wildman–Crippen MR) is 189 cm³/mol. The topological polar surface area (TPSA) is 98.5 Å². The molecule has 47 heavy (non-hydrogen) atoms. The van der Waals surface area contributed by atoms with Gasteiger partial charge in [0.05, 0.1) is 23.4 Å². The summed E-state index contributed by atoms with van der Waals surface area (Å²) in [6.45, 7) is 4.90. The van der Waals surface area contributed by atoms with E-state index in [1.807, 2.05) is 67.6 Å². The molecule has 248 valence electrons. The van der Waals surface area contributed by atoms with Crippen molar-refractivity contribution in [1.82, 2.24) is 15.0 Å². The Morgan fingerprint density at radius 1 is 0.766 bits per heavy atom. The quantitative estimate of drug-likeness (QED) is 0.0876. The first-order valence-electron chi connectivity index (χ1n) is 17.3.